The Morgan fingerprint density at radius 1 is 1.50 bits per heavy atom. The van der Waals surface area contributed by atoms with Gasteiger partial charge in [0.05, 0.1) is 12.3 Å². The molecule has 0 atom stereocenters. The molecule has 0 aliphatic carbocycles. The van der Waals surface area contributed by atoms with Gasteiger partial charge in [-0.05, 0) is 34.9 Å². The van der Waals surface area contributed by atoms with Gasteiger partial charge in [0.1, 0.15) is 10.8 Å². The first-order chi connectivity index (χ1) is 5.72. The van der Waals surface area contributed by atoms with Gasteiger partial charge in [0.2, 0.25) is 0 Å². The Morgan fingerprint density at radius 3 is 2.67 bits per heavy atom. The first-order valence-corrected chi connectivity index (χ1v) is 6.99. The smallest absolute Gasteiger partial charge is 0.138 e. The fourth-order valence-electron chi connectivity index (χ4n) is 0.754. The number of hydrogen-bond donors (Lipinski definition) is 0. The predicted molar refractivity (Wildman–Crippen MR) is 59.9 cm³/mol. The van der Waals surface area contributed by atoms with E-state index in [0.29, 0.717) is 0 Å². The minimum absolute atomic E-state index is 0.213. The average Bonchev–Trinajstić information content (AvgIpc) is 2.05. The van der Waals surface area contributed by atoms with Gasteiger partial charge >= 0.3 is 0 Å². The highest BCUT2D eigenvalue weighted by molar-refractivity contribution is 14.2. The summed E-state index contributed by atoms with van der Waals surface area (Å²) in [6, 6.07) is 3.89. The van der Waals surface area contributed by atoms with Gasteiger partial charge in [-0.25, -0.2) is 4.98 Å². The third-order valence-corrected chi connectivity index (χ3v) is 2.91. The highest BCUT2D eigenvalue weighted by Crippen LogP contribution is 2.24. The van der Waals surface area contributed by atoms with E-state index in [0.717, 1.165) is 10.8 Å². The topological polar surface area (TPSA) is 22.1 Å². The maximum absolute atomic E-state index is 5.44. The fourth-order valence-corrected chi connectivity index (χ4v) is 1.75. The minimum atomic E-state index is 0.213. The Balaban J connectivity index is 2.65. The summed E-state index contributed by atoms with van der Waals surface area (Å²) in [7, 11) is 1.60. The third kappa shape index (κ3) is 3.18. The maximum Gasteiger partial charge on any atom is 0.138 e. The summed E-state index contributed by atoms with van der Waals surface area (Å²) >= 11 is 2.20. The molecule has 0 amide bonds. The molecule has 12 heavy (non-hydrogen) atoms. The quantitative estimate of drug-likeness (QED) is 0.799. The van der Waals surface area contributed by atoms with Crippen LogP contribution in [0.3, 0.4) is 0 Å². The molecule has 0 aliphatic heterocycles. The van der Waals surface area contributed by atoms with Crippen LogP contribution in [-0.2, 0) is 0 Å². The summed E-state index contributed by atoms with van der Waals surface area (Å²) in [5.41, 5.74) is 0. The van der Waals surface area contributed by atoms with Crippen LogP contribution in [0.4, 0.5) is 0 Å². The Kier molecular flexibility index (Phi) is 4.14. The molecule has 0 N–H and O–H groups in total. The van der Waals surface area contributed by atoms with Crippen molar-refractivity contribution in [1.82, 2.24) is 4.98 Å². The molecule has 0 aliphatic rings. The lowest BCUT2D eigenvalue weighted by Crippen LogP contribution is -2.05. The van der Waals surface area contributed by atoms with Crippen LogP contribution in [-0.4, -0.2) is 11.1 Å². The van der Waals surface area contributed by atoms with Crippen molar-refractivity contribution >= 4 is 30.1 Å². The van der Waals surface area contributed by atoms with Crippen molar-refractivity contribution in [3.8, 4) is 5.75 Å². The SMILES string of the molecule is CC(C)Oc1ccc(SI)nc1. The zero-order valence-electron chi connectivity index (χ0n) is 6.95. The molecule has 2 nitrogen and oxygen atoms in total. The molecular weight excluding hydrogens is 285 g/mol. The second-order valence-corrected chi connectivity index (χ2v) is 4.47. The third-order valence-electron chi connectivity index (χ3n) is 1.16. The number of ether oxygens (including phenoxy) is 1. The van der Waals surface area contributed by atoms with Gasteiger partial charge in [-0.15, -0.1) is 0 Å². The molecule has 0 radical (unpaired) electrons. The number of aromatic nitrogens is 1. The van der Waals surface area contributed by atoms with Crippen LogP contribution < -0.4 is 4.74 Å². The molecule has 4 heteroatoms. The first-order valence-electron chi connectivity index (χ1n) is 3.63. The highest BCUT2D eigenvalue weighted by atomic mass is 127. The highest BCUT2D eigenvalue weighted by Gasteiger charge is 1.97. The minimum Gasteiger partial charge on any atom is -0.489 e. The molecule has 0 bridgehead atoms. The Bertz CT molecular complexity index is 237. The van der Waals surface area contributed by atoms with Crippen LogP contribution in [0.1, 0.15) is 13.8 Å². The average molecular weight is 295 g/mol. The number of rotatable bonds is 3. The van der Waals surface area contributed by atoms with E-state index in [9.17, 15) is 0 Å². The van der Waals surface area contributed by atoms with Crippen molar-refractivity contribution in [2.75, 3.05) is 0 Å². The van der Waals surface area contributed by atoms with E-state index in [2.05, 4.69) is 26.2 Å². The summed E-state index contributed by atoms with van der Waals surface area (Å²) in [4.78, 5) is 4.18. The molecule has 0 aromatic carbocycles. The zero-order valence-corrected chi connectivity index (χ0v) is 9.93. The van der Waals surface area contributed by atoms with E-state index in [4.69, 9.17) is 4.74 Å². The van der Waals surface area contributed by atoms with Crippen molar-refractivity contribution in [2.45, 2.75) is 25.0 Å². The molecule has 0 saturated carbocycles. The molecule has 0 unspecified atom stereocenters. The molecule has 1 rings (SSSR count). The summed E-state index contributed by atoms with van der Waals surface area (Å²) in [5, 5.41) is 1.01. The van der Waals surface area contributed by atoms with Crippen LogP contribution in [0.15, 0.2) is 23.4 Å². The van der Waals surface area contributed by atoms with E-state index in [1.165, 1.54) is 0 Å². The van der Waals surface area contributed by atoms with E-state index in [1.54, 1.807) is 15.1 Å². The van der Waals surface area contributed by atoms with Gasteiger partial charge in [-0.1, -0.05) is 0 Å². The molecule has 1 aromatic heterocycles. The fraction of sp³-hybridized carbons (Fsp3) is 0.375. The van der Waals surface area contributed by atoms with Crippen molar-refractivity contribution in [1.29, 1.82) is 0 Å². The number of nitrogens with zero attached hydrogens (tertiary/aromatic N) is 1. The first kappa shape index (κ1) is 10.1. The summed E-state index contributed by atoms with van der Waals surface area (Å²) in [6.07, 6.45) is 1.96. The lowest BCUT2D eigenvalue weighted by Gasteiger charge is -2.08. The van der Waals surface area contributed by atoms with Crippen LogP contribution in [0.2, 0.25) is 0 Å². The van der Waals surface area contributed by atoms with Crippen LogP contribution in [0, 0.1) is 0 Å². The number of hydrogen-bond acceptors (Lipinski definition) is 3. The van der Waals surface area contributed by atoms with E-state index >= 15 is 0 Å². The monoisotopic (exact) mass is 295 g/mol. The van der Waals surface area contributed by atoms with Gasteiger partial charge in [0.15, 0.2) is 0 Å². The number of pyridine rings is 1. The molecule has 0 fully saturated rings. The van der Waals surface area contributed by atoms with Gasteiger partial charge < -0.3 is 4.74 Å². The van der Waals surface area contributed by atoms with Crippen molar-refractivity contribution in [2.24, 2.45) is 0 Å². The van der Waals surface area contributed by atoms with E-state index in [-0.39, 0.29) is 6.10 Å². The van der Waals surface area contributed by atoms with Crippen molar-refractivity contribution in [3.05, 3.63) is 18.3 Å². The normalized spacial score (nSPS) is 10.3. The summed E-state index contributed by atoms with van der Waals surface area (Å²) in [5.74, 6) is 0.833. The van der Waals surface area contributed by atoms with Crippen LogP contribution in [0.5, 0.6) is 5.75 Å². The zero-order chi connectivity index (χ0) is 8.97. The van der Waals surface area contributed by atoms with E-state index < -0.39 is 0 Å². The van der Waals surface area contributed by atoms with Crippen molar-refractivity contribution < 1.29 is 4.74 Å². The standard InChI is InChI=1S/C8H10INOS/c1-6(2)11-7-3-4-8(12-9)10-5-7/h3-6H,1-2H3. The van der Waals surface area contributed by atoms with Gasteiger partial charge in [0.25, 0.3) is 0 Å². The predicted octanol–water partition coefficient (Wildman–Crippen LogP) is 3.31. The largest absolute Gasteiger partial charge is 0.489 e. The van der Waals surface area contributed by atoms with Gasteiger partial charge in [0, 0.05) is 21.2 Å². The molecule has 0 saturated heterocycles. The Labute approximate surface area is 88.7 Å². The molecular formula is C8H10INOS. The van der Waals surface area contributed by atoms with Gasteiger partial charge in [-0.3, -0.25) is 0 Å². The van der Waals surface area contributed by atoms with Crippen LogP contribution in [0.25, 0.3) is 0 Å². The lowest BCUT2D eigenvalue weighted by atomic mass is 10.4. The molecule has 0 spiro atoms. The number of halogens is 1. The van der Waals surface area contributed by atoms with Crippen LogP contribution >= 0.6 is 30.1 Å². The summed E-state index contributed by atoms with van der Waals surface area (Å²) in [6.45, 7) is 4.00. The molecule has 1 aromatic rings. The Morgan fingerprint density at radius 2 is 2.25 bits per heavy atom. The molecule has 66 valence electrons. The maximum atomic E-state index is 5.44. The second-order valence-electron chi connectivity index (χ2n) is 2.58. The van der Waals surface area contributed by atoms with E-state index in [1.807, 2.05) is 26.0 Å². The van der Waals surface area contributed by atoms with Crippen molar-refractivity contribution in [3.63, 3.8) is 0 Å². The Hall–Kier alpha value is 0.0300. The molecule has 1 heterocycles. The lowest BCUT2D eigenvalue weighted by molar-refractivity contribution is 0.241. The second kappa shape index (κ2) is 4.91. The summed E-state index contributed by atoms with van der Waals surface area (Å²) < 4.78 is 5.44. The van der Waals surface area contributed by atoms with Gasteiger partial charge in [-0.2, -0.15) is 0 Å².